The van der Waals surface area contributed by atoms with Crippen LogP contribution in [-0.4, -0.2) is 19.9 Å². The van der Waals surface area contributed by atoms with E-state index in [1.807, 2.05) is 60.7 Å². The predicted octanol–water partition coefficient (Wildman–Crippen LogP) is 9.52. The average molecular weight is 592 g/mol. The number of rotatable bonds is 5. The minimum atomic E-state index is 0.625. The van der Waals surface area contributed by atoms with Gasteiger partial charge in [0.15, 0.2) is 17.5 Å². The van der Waals surface area contributed by atoms with E-state index in [9.17, 15) is 0 Å². The van der Waals surface area contributed by atoms with Gasteiger partial charge in [-0.25, -0.2) is 15.0 Å². The molecule has 0 atom stereocenters. The number of halogens is 1. The summed E-state index contributed by atoms with van der Waals surface area (Å²) in [5.41, 5.74) is 7.01. The molecule has 4 nitrogen and oxygen atoms in total. The smallest absolute Gasteiger partial charge is 0.164 e. The van der Waals surface area contributed by atoms with E-state index in [-0.39, 0.29) is 0 Å². The Bertz CT molecular complexity index is 1990. The van der Waals surface area contributed by atoms with Crippen molar-refractivity contribution in [3.8, 4) is 56.5 Å². The molecule has 0 amide bonds. The molecule has 0 aliphatic carbocycles. The largest absolute Gasteiger partial charge is 0.256 e. The van der Waals surface area contributed by atoms with Crippen molar-refractivity contribution in [1.82, 2.24) is 19.9 Å². The van der Waals surface area contributed by atoms with E-state index < -0.39 is 0 Å². The summed E-state index contributed by atoms with van der Waals surface area (Å²) in [7, 11) is 0. The van der Waals surface area contributed by atoms with Gasteiger partial charge in [-0.05, 0) is 52.2 Å². The lowest BCUT2D eigenvalue weighted by Crippen LogP contribution is -2.00. The Kier molecular flexibility index (Phi) is 6.63. The Morgan fingerprint density at radius 3 is 1.80 bits per heavy atom. The molecular formula is C36H23BrN4. The summed E-state index contributed by atoms with van der Waals surface area (Å²) in [5, 5.41) is 2.38. The van der Waals surface area contributed by atoms with Crippen LogP contribution in [-0.2, 0) is 0 Å². The standard InChI is InChI=1S/C36H23BrN4/c37-30-22-28-11-4-5-14-31(28)32(23-30)27-12-8-13-29(21-27)36-40-34(25-9-2-1-3-10-25)39-35(41-36)26-18-16-24(17-19-26)33-15-6-7-20-38-33/h1-23H. The summed E-state index contributed by atoms with van der Waals surface area (Å²) in [6.45, 7) is 0. The maximum absolute atomic E-state index is 4.97. The fourth-order valence-electron chi connectivity index (χ4n) is 5.01. The molecule has 5 aromatic carbocycles. The topological polar surface area (TPSA) is 51.6 Å². The zero-order valence-corrected chi connectivity index (χ0v) is 23.5. The van der Waals surface area contributed by atoms with Crippen molar-refractivity contribution >= 4 is 26.7 Å². The molecule has 0 saturated heterocycles. The van der Waals surface area contributed by atoms with Gasteiger partial charge in [-0.15, -0.1) is 0 Å². The van der Waals surface area contributed by atoms with Gasteiger partial charge in [0.1, 0.15) is 0 Å². The first-order valence-electron chi connectivity index (χ1n) is 13.3. The fourth-order valence-corrected chi connectivity index (χ4v) is 5.49. The summed E-state index contributed by atoms with van der Waals surface area (Å²) in [4.78, 5) is 19.3. The third kappa shape index (κ3) is 5.15. The van der Waals surface area contributed by atoms with Crippen LogP contribution in [0.3, 0.4) is 0 Å². The van der Waals surface area contributed by atoms with Crippen LogP contribution in [0.15, 0.2) is 144 Å². The molecule has 0 fully saturated rings. The van der Waals surface area contributed by atoms with Gasteiger partial charge in [0.2, 0.25) is 0 Å². The summed E-state index contributed by atoms with van der Waals surface area (Å²) in [6, 6.07) is 45.3. The molecule has 0 bridgehead atoms. The molecule has 194 valence electrons. The fraction of sp³-hybridized carbons (Fsp3) is 0. The van der Waals surface area contributed by atoms with Gasteiger partial charge in [-0.2, -0.15) is 0 Å². The van der Waals surface area contributed by atoms with Crippen LogP contribution in [0, 0.1) is 0 Å². The van der Waals surface area contributed by atoms with Crippen molar-refractivity contribution in [3.05, 3.63) is 144 Å². The normalized spacial score (nSPS) is 11.0. The summed E-state index contributed by atoms with van der Waals surface area (Å²) < 4.78 is 1.04. The molecule has 0 aliphatic rings. The second kappa shape index (κ2) is 10.9. The van der Waals surface area contributed by atoms with Gasteiger partial charge in [-0.3, -0.25) is 4.98 Å². The second-order valence-corrected chi connectivity index (χ2v) is 10.6. The monoisotopic (exact) mass is 590 g/mol. The molecule has 7 aromatic rings. The van der Waals surface area contributed by atoms with E-state index in [1.54, 1.807) is 6.20 Å². The lowest BCUT2D eigenvalue weighted by Gasteiger charge is -2.11. The highest BCUT2D eigenvalue weighted by Gasteiger charge is 2.14. The molecular weight excluding hydrogens is 568 g/mol. The molecule has 2 heterocycles. The molecule has 0 spiro atoms. The van der Waals surface area contributed by atoms with E-state index >= 15 is 0 Å². The second-order valence-electron chi connectivity index (χ2n) is 9.72. The van der Waals surface area contributed by atoms with Crippen molar-refractivity contribution in [1.29, 1.82) is 0 Å². The van der Waals surface area contributed by atoms with Crippen LogP contribution in [0.25, 0.3) is 67.3 Å². The number of pyridine rings is 1. The van der Waals surface area contributed by atoms with Crippen molar-refractivity contribution in [2.24, 2.45) is 0 Å². The van der Waals surface area contributed by atoms with E-state index in [4.69, 9.17) is 15.0 Å². The van der Waals surface area contributed by atoms with Crippen LogP contribution in [0.2, 0.25) is 0 Å². The highest BCUT2D eigenvalue weighted by molar-refractivity contribution is 9.10. The first kappa shape index (κ1) is 25.0. The van der Waals surface area contributed by atoms with Crippen molar-refractivity contribution in [3.63, 3.8) is 0 Å². The van der Waals surface area contributed by atoms with Crippen LogP contribution >= 0.6 is 15.9 Å². The van der Waals surface area contributed by atoms with E-state index in [1.165, 1.54) is 10.8 Å². The highest BCUT2D eigenvalue weighted by atomic mass is 79.9. The number of aromatic nitrogens is 4. The molecule has 0 radical (unpaired) electrons. The van der Waals surface area contributed by atoms with Gasteiger partial charge < -0.3 is 0 Å². The van der Waals surface area contributed by atoms with Gasteiger partial charge in [-0.1, -0.05) is 119 Å². The van der Waals surface area contributed by atoms with Crippen LogP contribution < -0.4 is 0 Å². The molecule has 5 heteroatoms. The Hall–Kier alpha value is -5.00. The third-order valence-corrected chi connectivity index (χ3v) is 7.49. The quantitative estimate of drug-likeness (QED) is 0.200. The van der Waals surface area contributed by atoms with Gasteiger partial charge in [0, 0.05) is 32.9 Å². The Morgan fingerprint density at radius 1 is 0.439 bits per heavy atom. The maximum atomic E-state index is 4.97. The SMILES string of the molecule is Brc1cc(-c2cccc(-c3nc(-c4ccccc4)nc(-c4ccc(-c5ccccn5)cc4)n3)c2)c2ccccc2c1. The van der Waals surface area contributed by atoms with Crippen molar-refractivity contribution < 1.29 is 0 Å². The first-order chi connectivity index (χ1) is 20.2. The molecule has 0 unspecified atom stereocenters. The number of hydrogen-bond acceptors (Lipinski definition) is 4. The molecule has 0 aliphatic heterocycles. The number of benzene rings is 5. The molecule has 0 N–H and O–H groups in total. The lowest BCUT2D eigenvalue weighted by molar-refractivity contribution is 1.07. The van der Waals surface area contributed by atoms with Crippen LogP contribution in [0.5, 0.6) is 0 Å². The van der Waals surface area contributed by atoms with Gasteiger partial charge in [0.25, 0.3) is 0 Å². The maximum Gasteiger partial charge on any atom is 0.164 e. The first-order valence-corrected chi connectivity index (χ1v) is 14.1. The van der Waals surface area contributed by atoms with Gasteiger partial charge >= 0.3 is 0 Å². The number of nitrogens with zero attached hydrogens (tertiary/aromatic N) is 4. The van der Waals surface area contributed by atoms with Gasteiger partial charge in [0.05, 0.1) is 5.69 Å². The molecule has 2 aromatic heterocycles. The van der Waals surface area contributed by atoms with Crippen LogP contribution in [0.4, 0.5) is 0 Å². The third-order valence-electron chi connectivity index (χ3n) is 7.03. The minimum Gasteiger partial charge on any atom is -0.256 e. The van der Waals surface area contributed by atoms with Crippen LogP contribution in [0.1, 0.15) is 0 Å². The number of hydrogen-bond donors (Lipinski definition) is 0. The van der Waals surface area contributed by atoms with Crippen molar-refractivity contribution in [2.75, 3.05) is 0 Å². The van der Waals surface area contributed by atoms with E-state index in [0.717, 1.165) is 43.5 Å². The molecule has 7 rings (SSSR count). The Labute approximate surface area is 246 Å². The Morgan fingerprint density at radius 2 is 1.05 bits per heavy atom. The molecule has 41 heavy (non-hydrogen) atoms. The number of fused-ring (bicyclic) bond motifs is 1. The summed E-state index contributed by atoms with van der Waals surface area (Å²) >= 11 is 3.70. The lowest BCUT2D eigenvalue weighted by atomic mass is 9.97. The summed E-state index contributed by atoms with van der Waals surface area (Å²) in [6.07, 6.45) is 1.80. The van der Waals surface area contributed by atoms with E-state index in [0.29, 0.717) is 17.5 Å². The Balaban J connectivity index is 1.35. The van der Waals surface area contributed by atoms with Crippen molar-refractivity contribution in [2.45, 2.75) is 0 Å². The van der Waals surface area contributed by atoms with E-state index in [2.05, 4.69) is 93.7 Å². The summed E-state index contributed by atoms with van der Waals surface area (Å²) in [5.74, 6) is 1.89. The average Bonchev–Trinajstić information content (AvgIpc) is 3.05. The highest BCUT2D eigenvalue weighted by Crippen LogP contribution is 2.34. The predicted molar refractivity (Wildman–Crippen MR) is 170 cm³/mol. The molecule has 0 saturated carbocycles. The zero-order chi connectivity index (χ0) is 27.6. The minimum absolute atomic E-state index is 0.625. The zero-order valence-electron chi connectivity index (χ0n) is 21.9.